The van der Waals surface area contributed by atoms with Gasteiger partial charge >= 0.3 is 0 Å². The van der Waals surface area contributed by atoms with Crippen LogP contribution in [0.2, 0.25) is 0 Å². The highest BCUT2D eigenvalue weighted by Crippen LogP contribution is 2.29. The van der Waals surface area contributed by atoms with Crippen LogP contribution < -0.4 is 0 Å². The van der Waals surface area contributed by atoms with E-state index in [1.165, 1.54) is 5.56 Å². The van der Waals surface area contributed by atoms with Crippen LogP contribution in [0.4, 0.5) is 0 Å². The lowest BCUT2D eigenvalue weighted by Gasteiger charge is -2.32. The zero-order chi connectivity index (χ0) is 21.9. The van der Waals surface area contributed by atoms with Crippen LogP contribution in [-0.4, -0.2) is 33.9 Å². The van der Waals surface area contributed by atoms with E-state index >= 15 is 0 Å². The minimum absolute atomic E-state index is 0.103. The largest absolute Gasteiger partial charge is 0.339 e. The Hall–Kier alpha value is -3.53. The van der Waals surface area contributed by atoms with E-state index in [2.05, 4.69) is 35.3 Å². The van der Waals surface area contributed by atoms with Crippen LogP contribution in [-0.2, 0) is 6.42 Å². The maximum absolute atomic E-state index is 13.7. The molecule has 0 unspecified atom stereocenters. The highest BCUT2D eigenvalue weighted by molar-refractivity contribution is 6.07. The number of aryl methyl sites for hydroxylation is 1. The third-order valence-electron chi connectivity index (χ3n) is 6.50. The van der Waals surface area contributed by atoms with Crippen LogP contribution in [0.1, 0.15) is 34.3 Å². The first-order valence-electron chi connectivity index (χ1n) is 11.3. The molecule has 0 atom stereocenters. The number of likely N-dealkylation sites (tertiary alicyclic amines) is 1. The molecule has 1 saturated heterocycles. The van der Waals surface area contributed by atoms with Crippen LogP contribution in [0.3, 0.4) is 0 Å². The van der Waals surface area contributed by atoms with Crippen molar-refractivity contribution in [3.05, 3.63) is 95.8 Å². The molecule has 5 rings (SSSR count). The van der Waals surface area contributed by atoms with Crippen LogP contribution in [0.5, 0.6) is 0 Å². The number of piperidine rings is 1. The van der Waals surface area contributed by atoms with Gasteiger partial charge in [-0.15, -0.1) is 0 Å². The molecule has 1 aliphatic heterocycles. The van der Waals surface area contributed by atoms with Gasteiger partial charge in [0.2, 0.25) is 0 Å². The lowest BCUT2D eigenvalue weighted by Crippen LogP contribution is -2.39. The first kappa shape index (κ1) is 20.4. The van der Waals surface area contributed by atoms with Crippen LogP contribution >= 0.6 is 0 Å². The molecule has 3 heterocycles. The van der Waals surface area contributed by atoms with Crippen molar-refractivity contribution in [2.75, 3.05) is 13.1 Å². The summed E-state index contributed by atoms with van der Waals surface area (Å²) < 4.78 is 0. The number of carbonyl (C=O) groups excluding carboxylic acids is 1. The fraction of sp³-hybridized carbons (Fsp3) is 0.250. The molecule has 160 valence electrons. The van der Waals surface area contributed by atoms with Crippen molar-refractivity contribution in [3.63, 3.8) is 0 Å². The number of rotatable bonds is 4. The molecule has 4 nitrogen and oxygen atoms in total. The van der Waals surface area contributed by atoms with Crippen molar-refractivity contribution in [2.45, 2.75) is 26.2 Å². The molecule has 2 aromatic carbocycles. The Kier molecular flexibility index (Phi) is 5.68. The Morgan fingerprint density at radius 3 is 2.56 bits per heavy atom. The van der Waals surface area contributed by atoms with Gasteiger partial charge in [0.25, 0.3) is 5.91 Å². The molecule has 4 heteroatoms. The van der Waals surface area contributed by atoms with Gasteiger partial charge in [0.1, 0.15) is 0 Å². The van der Waals surface area contributed by atoms with Gasteiger partial charge < -0.3 is 4.90 Å². The SMILES string of the molecule is Cc1cccc2c(C(=O)N3CCC(Cc4ccccc4)CC3)cc(-c3cccnc3)nc12. The van der Waals surface area contributed by atoms with E-state index in [0.717, 1.165) is 65.6 Å². The summed E-state index contributed by atoms with van der Waals surface area (Å²) in [6.45, 7) is 3.65. The molecular weight excluding hydrogens is 394 g/mol. The summed E-state index contributed by atoms with van der Waals surface area (Å²) in [5, 5.41) is 0.925. The predicted octanol–water partition coefficient (Wildman–Crippen LogP) is 5.70. The second-order valence-corrected chi connectivity index (χ2v) is 8.69. The van der Waals surface area contributed by atoms with E-state index in [-0.39, 0.29) is 5.91 Å². The topological polar surface area (TPSA) is 46.1 Å². The number of fused-ring (bicyclic) bond motifs is 1. The number of carbonyl (C=O) groups is 1. The number of amides is 1. The van der Waals surface area contributed by atoms with Gasteiger partial charge in [-0.3, -0.25) is 9.78 Å². The molecular formula is C28H27N3O. The highest BCUT2D eigenvalue weighted by Gasteiger charge is 2.26. The molecule has 1 fully saturated rings. The van der Waals surface area contributed by atoms with Crippen molar-refractivity contribution in [3.8, 4) is 11.3 Å². The van der Waals surface area contributed by atoms with Crippen LogP contribution in [0, 0.1) is 12.8 Å². The Morgan fingerprint density at radius 1 is 1.00 bits per heavy atom. The molecule has 0 saturated carbocycles. The Morgan fingerprint density at radius 2 is 1.81 bits per heavy atom. The zero-order valence-corrected chi connectivity index (χ0v) is 18.4. The number of para-hydroxylation sites is 1. The fourth-order valence-corrected chi connectivity index (χ4v) is 4.69. The summed E-state index contributed by atoms with van der Waals surface area (Å²) in [5.41, 5.74) is 5.79. The average Bonchev–Trinajstić information content (AvgIpc) is 2.85. The van der Waals surface area contributed by atoms with E-state index in [1.54, 1.807) is 12.4 Å². The minimum Gasteiger partial charge on any atom is -0.339 e. The Bertz CT molecular complexity index is 1230. The number of benzene rings is 2. The average molecular weight is 422 g/mol. The molecule has 1 aliphatic rings. The van der Waals surface area contributed by atoms with Crippen molar-refractivity contribution < 1.29 is 4.79 Å². The van der Waals surface area contributed by atoms with E-state index in [0.29, 0.717) is 5.92 Å². The summed E-state index contributed by atoms with van der Waals surface area (Å²) in [6.07, 6.45) is 6.72. The lowest BCUT2D eigenvalue weighted by molar-refractivity contribution is 0.0692. The monoisotopic (exact) mass is 421 g/mol. The van der Waals surface area contributed by atoms with Gasteiger partial charge in [0, 0.05) is 36.4 Å². The number of aromatic nitrogens is 2. The van der Waals surface area contributed by atoms with Gasteiger partial charge in [-0.2, -0.15) is 0 Å². The predicted molar refractivity (Wildman–Crippen MR) is 128 cm³/mol. The lowest BCUT2D eigenvalue weighted by atomic mass is 9.90. The molecule has 0 spiro atoms. The number of hydrogen-bond donors (Lipinski definition) is 0. The normalized spacial score (nSPS) is 14.6. The van der Waals surface area contributed by atoms with Gasteiger partial charge in [-0.05, 0) is 61.4 Å². The third kappa shape index (κ3) is 4.13. The summed E-state index contributed by atoms with van der Waals surface area (Å²) >= 11 is 0. The van der Waals surface area contributed by atoms with E-state index in [4.69, 9.17) is 4.98 Å². The van der Waals surface area contributed by atoms with Crippen LogP contribution in [0.15, 0.2) is 79.1 Å². The molecule has 0 aliphatic carbocycles. The van der Waals surface area contributed by atoms with E-state index < -0.39 is 0 Å². The summed E-state index contributed by atoms with van der Waals surface area (Å²) in [5.74, 6) is 0.732. The highest BCUT2D eigenvalue weighted by atomic mass is 16.2. The quantitative estimate of drug-likeness (QED) is 0.425. The van der Waals surface area contributed by atoms with Crippen molar-refractivity contribution in [1.82, 2.24) is 14.9 Å². The second-order valence-electron chi connectivity index (χ2n) is 8.69. The van der Waals surface area contributed by atoms with E-state index in [1.807, 2.05) is 48.2 Å². The first-order chi connectivity index (χ1) is 15.7. The van der Waals surface area contributed by atoms with Gasteiger partial charge in [0.05, 0.1) is 16.8 Å². The summed E-state index contributed by atoms with van der Waals surface area (Å²) in [4.78, 5) is 24.8. The zero-order valence-electron chi connectivity index (χ0n) is 18.4. The minimum atomic E-state index is 0.103. The van der Waals surface area contributed by atoms with E-state index in [9.17, 15) is 4.79 Å². The van der Waals surface area contributed by atoms with Crippen molar-refractivity contribution >= 4 is 16.8 Å². The Labute approximate surface area is 189 Å². The molecule has 0 radical (unpaired) electrons. The van der Waals surface area contributed by atoms with Crippen LogP contribution in [0.25, 0.3) is 22.2 Å². The van der Waals surface area contributed by atoms with Gasteiger partial charge in [-0.1, -0.05) is 48.5 Å². The summed E-state index contributed by atoms with van der Waals surface area (Å²) in [6, 6.07) is 22.6. The maximum atomic E-state index is 13.7. The summed E-state index contributed by atoms with van der Waals surface area (Å²) in [7, 11) is 0. The molecule has 4 aromatic rings. The smallest absolute Gasteiger partial charge is 0.254 e. The molecule has 1 amide bonds. The third-order valence-corrected chi connectivity index (χ3v) is 6.50. The van der Waals surface area contributed by atoms with Crippen molar-refractivity contribution in [2.24, 2.45) is 5.92 Å². The number of hydrogen-bond acceptors (Lipinski definition) is 3. The standard InChI is InChI=1S/C28H27N3O/c1-20-7-5-11-24-25(18-26(30-27(20)24)23-10-6-14-29-19-23)28(32)31-15-12-22(13-16-31)17-21-8-3-2-4-9-21/h2-11,14,18-19,22H,12-13,15-17H2,1H3. The maximum Gasteiger partial charge on any atom is 0.254 e. The molecule has 0 N–H and O–H groups in total. The number of pyridine rings is 2. The first-order valence-corrected chi connectivity index (χ1v) is 11.3. The molecule has 2 aromatic heterocycles. The number of nitrogens with zero attached hydrogens (tertiary/aromatic N) is 3. The second kappa shape index (κ2) is 8.91. The van der Waals surface area contributed by atoms with Crippen molar-refractivity contribution in [1.29, 1.82) is 0 Å². The fourth-order valence-electron chi connectivity index (χ4n) is 4.69. The van der Waals surface area contributed by atoms with Gasteiger partial charge in [0.15, 0.2) is 0 Å². The Balaban J connectivity index is 1.41. The molecule has 0 bridgehead atoms. The molecule has 32 heavy (non-hydrogen) atoms. The van der Waals surface area contributed by atoms with Gasteiger partial charge in [-0.25, -0.2) is 4.98 Å².